The minimum Gasteiger partial charge on any atom is -0.376 e. The van der Waals surface area contributed by atoms with Crippen LogP contribution in [0.5, 0.6) is 0 Å². The molecule has 0 spiro atoms. The largest absolute Gasteiger partial charge is 0.376 e. The molecule has 0 radical (unpaired) electrons. The minimum atomic E-state index is 0.379. The first kappa shape index (κ1) is 13.9. The first-order valence-corrected chi connectivity index (χ1v) is 6.91. The normalized spacial score (nSPS) is 12.7. The Morgan fingerprint density at radius 3 is 2.94 bits per heavy atom. The molecule has 16 heavy (non-hydrogen) atoms. The molecule has 4 heteroatoms. The van der Waals surface area contributed by atoms with E-state index in [1.165, 1.54) is 8.66 Å². The smallest absolute Gasteiger partial charge is 0.0701 e. The van der Waals surface area contributed by atoms with Crippen LogP contribution in [0.4, 0.5) is 0 Å². The Hall–Kier alpha value is -0.160. The fraction of sp³-hybridized carbons (Fsp3) is 0.500. The Labute approximate surface area is 110 Å². The van der Waals surface area contributed by atoms with Gasteiger partial charge < -0.3 is 10.1 Å². The van der Waals surface area contributed by atoms with Crippen molar-refractivity contribution < 1.29 is 4.74 Å². The summed E-state index contributed by atoms with van der Waals surface area (Å²) in [6, 6.07) is 4.60. The topological polar surface area (TPSA) is 21.3 Å². The molecule has 0 saturated heterocycles. The molecule has 0 aromatic carbocycles. The van der Waals surface area contributed by atoms with E-state index < -0.39 is 0 Å². The molecule has 2 nitrogen and oxygen atoms in total. The van der Waals surface area contributed by atoms with Gasteiger partial charge in [0.25, 0.3) is 0 Å². The Morgan fingerprint density at radius 2 is 2.38 bits per heavy atom. The van der Waals surface area contributed by atoms with Gasteiger partial charge in [0.2, 0.25) is 0 Å². The van der Waals surface area contributed by atoms with Crippen LogP contribution in [0.15, 0.2) is 28.1 Å². The van der Waals surface area contributed by atoms with Gasteiger partial charge in [-0.05, 0) is 41.9 Å². The van der Waals surface area contributed by atoms with Crippen molar-refractivity contribution in [2.75, 3.05) is 19.8 Å². The summed E-state index contributed by atoms with van der Waals surface area (Å²) in [6.45, 7) is 10.2. The Kier molecular flexibility index (Phi) is 6.28. The molecule has 0 bridgehead atoms. The number of halogens is 1. The van der Waals surface area contributed by atoms with Crippen LogP contribution in [0.25, 0.3) is 0 Å². The third-order valence-electron chi connectivity index (χ3n) is 2.07. The number of hydrogen-bond donors (Lipinski definition) is 1. The van der Waals surface area contributed by atoms with Gasteiger partial charge in [0.1, 0.15) is 0 Å². The van der Waals surface area contributed by atoms with Crippen LogP contribution in [-0.2, 0) is 4.74 Å². The van der Waals surface area contributed by atoms with Crippen LogP contribution in [0.2, 0.25) is 0 Å². The highest BCUT2D eigenvalue weighted by Gasteiger charge is 2.06. The molecule has 1 N–H and O–H groups in total. The summed E-state index contributed by atoms with van der Waals surface area (Å²) in [7, 11) is 0. The molecule has 1 aromatic heterocycles. The molecular weight excluding hydrogens is 286 g/mol. The molecule has 0 aliphatic heterocycles. The van der Waals surface area contributed by atoms with Crippen LogP contribution in [0, 0.1) is 0 Å². The number of rotatable bonds is 7. The van der Waals surface area contributed by atoms with Gasteiger partial charge in [0.15, 0.2) is 0 Å². The standard InChI is InChI=1S/C12H18BrNOS/c1-9(2)8-15-7-6-14-10(3)11-4-5-12(13)16-11/h4-5,10,14H,1,6-8H2,2-3H3. The number of ether oxygens (including phenoxy) is 1. The van der Waals surface area contributed by atoms with Crippen molar-refractivity contribution in [3.63, 3.8) is 0 Å². The van der Waals surface area contributed by atoms with E-state index >= 15 is 0 Å². The molecule has 1 rings (SSSR count). The van der Waals surface area contributed by atoms with Crippen molar-refractivity contribution in [1.82, 2.24) is 5.32 Å². The fourth-order valence-corrected chi connectivity index (χ4v) is 2.71. The predicted octanol–water partition coefficient (Wildman–Crippen LogP) is 3.75. The monoisotopic (exact) mass is 303 g/mol. The van der Waals surface area contributed by atoms with Crippen molar-refractivity contribution in [2.24, 2.45) is 0 Å². The summed E-state index contributed by atoms with van der Waals surface area (Å²) in [5.41, 5.74) is 1.07. The van der Waals surface area contributed by atoms with E-state index in [9.17, 15) is 0 Å². The van der Waals surface area contributed by atoms with E-state index in [1.54, 1.807) is 11.3 Å². The van der Waals surface area contributed by atoms with Crippen LogP contribution in [0.3, 0.4) is 0 Å². The zero-order chi connectivity index (χ0) is 12.0. The van der Waals surface area contributed by atoms with Crippen LogP contribution < -0.4 is 5.32 Å². The highest BCUT2D eigenvalue weighted by Crippen LogP contribution is 2.26. The van der Waals surface area contributed by atoms with Gasteiger partial charge in [-0.2, -0.15) is 0 Å². The van der Waals surface area contributed by atoms with Crippen LogP contribution in [-0.4, -0.2) is 19.8 Å². The van der Waals surface area contributed by atoms with Gasteiger partial charge in [-0.25, -0.2) is 0 Å². The zero-order valence-electron chi connectivity index (χ0n) is 9.75. The van der Waals surface area contributed by atoms with Crippen molar-refractivity contribution in [1.29, 1.82) is 0 Å². The maximum absolute atomic E-state index is 5.42. The van der Waals surface area contributed by atoms with E-state index in [1.807, 2.05) is 6.92 Å². The third-order valence-corrected chi connectivity index (χ3v) is 3.87. The summed E-state index contributed by atoms with van der Waals surface area (Å²) in [5, 5.41) is 3.42. The average molecular weight is 304 g/mol. The van der Waals surface area contributed by atoms with Gasteiger partial charge in [0.05, 0.1) is 17.0 Å². The van der Waals surface area contributed by atoms with E-state index in [-0.39, 0.29) is 0 Å². The molecule has 1 heterocycles. The molecule has 1 unspecified atom stereocenters. The lowest BCUT2D eigenvalue weighted by atomic mass is 10.3. The molecule has 0 fully saturated rings. The van der Waals surface area contributed by atoms with Crippen molar-refractivity contribution in [3.8, 4) is 0 Å². The second kappa shape index (κ2) is 7.22. The number of thiophene rings is 1. The van der Waals surface area contributed by atoms with E-state index in [0.29, 0.717) is 12.6 Å². The summed E-state index contributed by atoms with van der Waals surface area (Å²) >= 11 is 5.23. The second-order valence-corrected chi connectivity index (χ2v) is 6.32. The van der Waals surface area contributed by atoms with Crippen LogP contribution >= 0.6 is 27.3 Å². The predicted molar refractivity (Wildman–Crippen MR) is 74.1 cm³/mol. The van der Waals surface area contributed by atoms with E-state index in [4.69, 9.17) is 4.74 Å². The number of nitrogens with one attached hydrogen (secondary N) is 1. The number of hydrogen-bond acceptors (Lipinski definition) is 3. The SMILES string of the molecule is C=C(C)COCCNC(C)c1ccc(Br)s1. The lowest BCUT2D eigenvalue weighted by Crippen LogP contribution is -2.22. The molecule has 90 valence electrons. The van der Waals surface area contributed by atoms with Gasteiger partial charge in [-0.3, -0.25) is 0 Å². The summed E-state index contributed by atoms with van der Waals surface area (Å²) < 4.78 is 6.59. The minimum absolute atomic E-state index is 0.379. The highest BCUT2D eigenvalue weighted by atomic mass is 79.9. The van der Waals surface area contributed by atoms with Crippen LogP contribution in [0.1, 0.15) is 24.8 Å². The molecule has 0 saturated carbocycles. The first-order valence-electron chi connectivity index (χ1n) is 5.30. The van der Waals surface area contributed by atoms with Gasteiger partial charge in [-0.1, -0.05) is 12.2 Å². The average Bonchev–Trinajstić information content (AvgIpc) is 2.63. The molecule has 0 amide bonds. The first-order chi connectivity index (χ1) is 7.59. The second-order valence-electron chi connectivity index (χ2n) is 3.83. The Morgan fingerprint density at radius 1 is 1.62 bits per heavy atom. The quantitative estimate of drug-likeness (QED) is 0.612. The maximum Gasteiger partial charge on any atom is 0.0701 e. The molecule has 1 aromatic rings. The molecule has 0 aliphatic carbocycles. The Balaban J connectivity index is 2.15. The summed E-state index contributed by atoms with van der Waals surface area (Å²) in [6.07, 6.45) is 0. The van der Waals surface area contributed by atoms with E-state index in [0.717, 1.165) is 18.7 Å². The van der Waals surface area contributed by atoms with Crippen molar-refractivity contribution in [2.45, 2.75) is 19.9 Å². The highest BCUT2D eigenvalue weighted by molar-refractivity contribution is 9.11. The van der Waals surface area contributed by atoms with E-state index in [2.05, 4.69) is 46.9 Å². The fourth-order valence-electron chi connectivity index (χ4n) is 1.26. The third kappa shape index (κ3) is 5.25. The maximum atomic E-state index is 5.42. The van der Waals surface area contributed by atoms with Crippen molar-refractivity contribution >= 4 is 27.3 Å². The van der Waals surface area contributed by atoms with Gasteiger partial charge in [0, 0.05) is 17.5 Å². The summed E-state index contributed by atoms with van der Waals surface area (Å²) in [5.74, 6) is 0. The zero-order valence-corrected chi connectivity index (χ0v) is 12.2. The summed E-state index contributed by atoms with van der Waals surface area (Å²) in [4.78, 5) is 1.34. The van der Waals surface area contributed by atoms with Crippen molar-refractivity contribution in [3.05, 3.63) is 32.9 Å². The molecule has 1 atom stereocenters. The lowest BCUT2D eigenvalue weighted by Gasteiger charge is -2.12. The molecular formula is C12H18BrNOS. The molecule has 0 aliphatic rings. The van der Waals surface area contributed by atoms with Gasteiger partial charge >= 0.3 is 0 Å². The Bertz CT molecular complexity index is 338. The van der Waals surface area contributed by atoms with Gasteiger partial charge in [-0.15, -0.1) is 11.3 Å². The lowest BCUT2D eigenvalue weighted by molar-refractivity contribution is 0.156.